The van der Waals surface area contributed by atoms with E-state index in [9.17, 15) is 4.79 Å². The van der Waals surface area contributed by atoms with Crippen LogP contribution in [0, 0.1) is 6.92 Å². The second-order valence-corrected chi connectivity index (χ2v) is 2.79. The molecule has 0 saturated heterocycles. The van der Waals surface area contributed by atoms with Crippen molar-refractivity contribution in [1.82, 2.24) is 4.98 Å². The number of allylic oxidation sites excluding steroid dienone is 2. The lowest BCUT2D eigenvalue weighted by atomic mass is 10.1. The zero-order chi connectivity index (χ0) is 10.4. The second kappa shape index (κ2) is 4.97. The fraction of sp³-hybridized carbons (Fsp3) is 0.0909. The highest BCUT2D eigenvalue weighted by Gasteiger charge is 1.90. The maximum Gasteiger partial charge on any atom is 0.328 e. The highest BCUT2D eigenvalue weighted by molar-refractivity contribution is 5.80. The van der Waals surface area contributed by atoms with E-state index in [1.807, 2.05) is 19.1 Å². The Hall–Kier alpha value is -1.90. The summed E-state index contributed by atoms with van der Waals surface area (Å²) in [7, 11) is 0. The van der Waals surface area contributed by atoms with Gasteiger partial charge in [0.05, 0.1) is 0 Å². The minimum atomic E-state index is -0.947. The smallest absolute Gasteiger partial charge is 0.328 e. The number of nitrogens with zero attached hydrogens (tertiary/aromatic N) is 1. The van der Waals surface area contributed by atoms with Crippen molar-refractivity contribution in [3.8, 4) is 0 Å². The van der Waals surface area contributed by atoms with Crippen LogP contribution in [0.1, 0.15) is 11.1 Å². The van der Waals surface area contributed by atoms with Crippen molar-refractivity contribution < 1.29 is 9.90 Å². The molecule has 0 spiro atoms. The molecule has 0 aliphatic rings. The van der Waals surface area contributed by atoms with Gasteiger partial charge in [0.1, 0.15) is 0 Å². The monoisotopic (exact) mass is 189 g/mol. The van der Waals surface area contributed by atoms with E-state index < -0.39 is 5.97 Å². The molecular formula is C11H11NO2. The van der Waals surface area contributed by atoms with E-state index in [4.69, 9.17) is 5.11 Å². The summed E-state index contributed by atoms with van der Waals surface area (Å²) in [5.41, 5.74) is 2.10. The molecule has 0 aromatic carbocycles. The van der Waals surface area contributed by atoms with Crippen molar-refractivity contribution in [2.75, 3.05) is 0 Å². The lowest BCUT2D eigenvalue weighted by Gasteiger charge is -1.95. The summed E-state index contributed by atoms with van der Waals surface area (Å²) in [5.74, 6) is -0.947. The number of rotatable bonds is 3. The number of carboxylic acids is 1. The van der Waals surface area contributed by atoms with Gasteiger partial charge >= 0.3 is 5.97 Å². The van der Waals surface area contributed by atoms with Crippen molar-refractivity contribution in [2.24, 2.45) is 0 Å². The Morgan fingerprint density at radius 1 is 1.50 bits per heavy atom. The highest BCUT2D eigenvalue weighted by Crippen LogP contribution is 2.06. The maximum atomic E-state index is 10.1. The van der Waals surface area contributed by atoms with Crippen LogP contribution in [0.2, 0.25) is 0 Å². The normalized spacial score (nSPS) is 11.2. The van der Waals surface area contributed by atoms with Gasteiger partial charge in [-0.3, -0.25) is 4.98 Å². The Bertz CT molecular complexity index is 381. The van der Waals surface area contributed by atoms with Crippen LogP contribution < -0.4 is 0 Å². The summed E-state index contributed by atoms with van der Waals surface area (Å²) in [6.45, 7) is 1.97. The lowest BCUT2D eigenvalue weighted by Crippen LogP contribution is -1.84. The maximum absolute atomic E-state index is 10.1. The number of aliphatic carboxylic acids is 1. The minimum absolute atomic E-state index is 0.947. The molecule has 0 radical (unpaired) electrons. The Kier molecular flexibility index (Phi) is 3.61. The van der Waals surface area contributed by atoms with Gasteiger partial charge in [-0.25, -0.2) is 4.79 Å². The van der Waals surface area contributed by atoms with Crippen LogP contribution in [0.15, 0.2) is 36.7 Å². The van der Waals surface area contributed by atoms with E-state index in [1.54, 1.807) is 18.5 Å². The SMILES string of the molecule is Cc1ccncc1/C=C/C=C/C(=O)O. The van der Waals surface area contributed by atoms with E-state index >= 15 is 0 Å². The molecule has 0 fully saturated rings. The van der Waals surface area contributed by atoms with Crippen molar-refractivity contribution >= 4 is 12.0 Å². The van der Waals surface area contributed by atoms with E-state index in [-0.39, 0.29) is 0 Å². The van der Waals surface area contributed by atoms with Gasteiger partial charge in [0.2, 0.25) is 0 Å². The summed E-state index contributed by atoms with van der Waals surface area (Å²) >= 11 is 0. The van der Waals surface area contributed by atoms with Gasteiger partial charge in [0.25, 0.3) is 0 Å². The van der Waals surface area contributed by atoms with Gasteiger partial charge in [0.15, 0.2) is 0 Å². The first-order chi connectivity index (χ1) is 6.70. The third-order valence-corrected chi connectivity index (χ3v) is 1.71. The van der Waals surface area contributed by atoms with E-state index in [2.05, 4.69) is 4.98 Å². The molecule has 0 bridgehead atoms. The Morgan fingerprint density at radius 3 is 2.93 bits per heavy atom. The van der Waals surface area contributed by atoms with E-state index in [1.165, 1.54) is 6.08 Å². The van der Waals surface area contributed by atoms with Gasteiger partial charge in [-0.05, 0) is 24.1 Å². The number of pyridine rings is 1. The van der Waals surface area contributed by atoms with Crippen LogP contribution in [0.5, 0.6) is 0 Å². The molecular weight excluding hydrogens is 178 g/mol. The van der Waals surface area contributed by atoms with Crippen molar-refractivity contribution in [2.45, 2.75) is 6.92 Å². The molecule has 14 heavy (non-hydrogen) atoms. The third-order valence-electron chi connectivity index (χ3n) is 1.71. The number of carboxylic acid groups (broad SMARTS) is 1. The topological polar surface area (TPSA) is 50.2 Å². The summed E-state index contributed by atoms with van der Waals surface area (Å²) in [6.07, 6.45) is 9.52. The molecule has 0 aliphatic carbocycles. The molecule has 72 valence electrons. The molecule has 0 aliphatic heterocycles. The number of aryl methyl sites for hydroxylation is 1. The summed E-state index contributed by atoms with van der Waals surface area (Å²) in [6, 6.07) is 1.90. The molecule has 0 unspecified atom stereocenters. The first-order valence-corrected chi connectivity index (χ1v) is 4.18. The zero-order valence-corrected chi connectivity index (χ0v) is 7.84. The van der Waals surface area contributed by atoms with Gasteiger partial charge < -0.3 is 5.11 Å². The number of hydrogen-bond acceptors (Lipinski definition) is 2. The fourth-order valence-corrected chi connectivity index (χ4v) is 0.948. The fourth-order valence-electron chi connectivity index (χ4n) is 0.948. The molecule has 0 amide bonds. The van der Waals surface area contributed by atoms with Crippen LogP contribution in [0.3, 0.4) is 0 Å². The molecule has 1 aromatic rings. The van der Waals surface area contributed by atoms with Gasteiger partial charge in [0, 0.05) is 18.5 Å². The molecule has 1 rings (SSSR count). The predicted octanol–water partition coefficient (Wildman–Crippen LogP) is 2.04. The average Bonchev–Trinajstić information content (AvgIpc) is 2.15. The standard InChI is InChI=1S/C11H11NO2/c1-9-6-7-12-8-10(9)4-2-3-5-11(13)14/h2-8H,1H3,(H,13,14)/b4-2+,5-3+. The van der Waals surface area contributed by atoms with Crippen LogP contribution in [-0.2, 0) is 4.79 Å². The summed E-state index contributed by atoms with van der Waals surface area (Å²) in [5, 5.41) is 8.33. The van der Waals surface area contributed by atoms with Crippen LogP contribution in [0.25, 0.3) is 6.08 Å². The number of aromatic nitrogens is 1. The highest BCUT2D eigenvalue weighted by atomic mass is 16.4. The molecule has 1 heterocycles. The Balaban J connectivity index is 2.69. The molecule has 0 atom stereocenters. The zero-order valence-electron chi connectivity index (χ0n) is 7.84. The number of hydrogen-bond donors (Lipinski definition) is 1. The van der Waals surface area contributed by atoms with Crippen LogP contribution in [0.4, 0.5) is 0 Å². The first-order valence-electron chi connectivity index (χ1n) is 4.18. The molecule has 1 aromatic heterocycles. The van der Waals surface area contributed by atoms with Crippen molar-refractivity contribution in [1.29, 1.82) is 0 Å². The third kappa shape index (κ3) is 3.23. The van der Waals surface area contributed by atoms with Crippen molar-refractivity contribution in [3.63, 3.8) is 0 Å². The molecule has 0 saturated carbocycles. The Labute approximate surface area is 82.4 Å². The minimum Gasteiger partial charge on any atom is -0.478 e. The molecule has 3 nitrogen and oxygen atoms in total. The van der Waals surface area contributed by atoms with E-state index in [0.717, 1.165) is 17.2 Å². The average molecular weight is 189 g/mol. The van der Waals surface area contributed by atoms with E-state index in [0.29, 0.717) is 0 Å². The second-order valence-electron chi connectivity index (χ2n) is 2.79. The predicted molar refractivity (Wildman–Crippen MR) is 54.8 cm³/mol. The summed E-state index contributed by atoms with van der Waals surface area (Å²) < 4.78 is 0. The largest absolute Gasteiger partial charge is 0.478 e. The summed E-state index contributed by atoms with van der Waals surface area (Å²) in [4.78, 5) is 14.1. The number of carbonyl (C=O) groups is 1. The molecule has 3 heteroatoms. The first kappa shape index (κ1) is 10.2. The van der Waals surface area contributed by atoms with Gasteiger partial charge in [-0.15, -0.1) is 0 Å². The van der Waals surface area contributed by atoms with Crippen molar-refractivity contribution in [3.05, 3.63) is 47.8 Å². The molecule has 1 N–H and O–H groups in total. The van der Waals surface area contributed by atoms with Gasteiger partial charge in [-0.2, -0.15) is 0 Å². The lowest BCUT2D eigenvalue weighted by molar-refractivity contribution is -0.131. The van der Waals surface area contributed by atoms with Crippen LogP contribution >= 0.6 is 0 Å². The van der Waals surface area contributed by atoms with Crippen LogP contribution in [-0.4, -0.2) is 16.1 Å². The van der Waals surface area contributed by atoms with Gasteiger partial charge in [-0.1, -0.05) is 18.2 Å². The Morgan fingerprint density at radius 2 is 2.29 bits per heavy atom. The quantitative estimate of drug-likeness (QED) is 0.584.